The fourth-order valence-corrected chi connectivity index (χ4v) is 4.11. The topological polar surface area (TPSA) is 96.2 Å². The van der Waals surface area contributed by atoms with Gasteiger partial charge in [0.1, 0.15) is 5.75 Å². The molecule has 32 heavy (non-hydrogen) atoms. The highest BCUT2D eigenvalue weighted by atomic mass is 16.6. The molecule has 1 saturated heterocycles. The summed E-state index contributed by atoms with van der Waals surface area (Å²) in [5, 5.41) is 10.9. The molecule has 0 aromatic heterocycles. The third kappa shape index (κ3) is 4.51. The maximum atomic E-state index is 13.1. The molecule has 4 rings (SSSR count). The summed E-state index contributed by atoms with van der Waals surface area (Å²) in [5.41, 5.74) is 1.29. The average Bonchev–Trinajstić information content (AvgIpc) is 2.83. The number of carbonyl (C=O) groups excluding carboxylic acids is 2. The molecule has 0 spiro atoms. The van der Waals surface area contributed by atoms with E-state index in [4.69, 9.17) is 4.74 Å². The molecule has 1 fully saturated rings. The molecule has 2 aromatic carbocycles. The molecule has 2 amide bonds. The number of piperidine rings is 1. The Bertz CT molecular complexity index is 1000. The lowest BCUT2D eigenvalue weighted by Crippen LogP contribution is -2.53. The van der Waals surface area contributed by atoms with Crippen LogP contribution in [-0.2, 0) is 9.59 Å². The number of likely N-dealkylation sites (tertiary alicyclic amines) is 1. The fraction of sp³-hybridized carbons (Fsp3) is 0.391. The van der Waals surface area contributed by atoms with Crippen molar-refractivity contribution < 1.29 is 19.2 Å². The number of carbonyl (C=O) groups is 2. The molecule has 0 aliphatic carbocycles. The number of benzene rings is 2. The summed E-state index contributed by atoms with van der Waals surface area (Å²) < 4.78 is 6.02. The van der Waals surface area contributed by atoms with Gasteiger partial charge in [-0.2, -0.15) is 0 Å². The Morgan fingerprint density at radius 3 is 2.47 bits per heavy atom. The van der Waals surface area contributed by atoms with Crippen molar-refractivity contribution in [2.24, 2.45) is 0 Å². The molecule has 0 saturated carbocycles. The molecule has 0 bridgehead atoms. The number of amides is 2. The Kier molecular flexibility index (Phi) is 6.25. The maximum Gasteiger partial charge on any atom is 0.269 e. The molecule has 2 heterocycles. The molecule has 2 aliphatic heterocycles. The minimum Gasteiger partial charge on any atom is -0.477 e. The first-order valence-electron chi connectivity index (χ1n) is 10.7. The first kappa shape index (κ1) is 21.6. The number of nitro groups is 1. The second kappa shape index (κ2) is 9.25. The quantitative estimate of drug-likeness (QED) is 0.526. The van der Waals surface area contributed by atoms with Crippen LogP contribution in [0, 0.1) is 10.1 Å². The van der Waals surface area contributed by atoms with Crippen molar-refractivity contribution in [3.63, 3.8) is 0 Å². The standard InChI is InChI=1S/C23H26N4O5/c1-24(17-9-11-18(12-10-17)27(30)31)22(28)16-26-15-21(23(29)25-13-5-2-6-14-25)32-20-8-4-3-7-19(20)26/h3-4,7-12,21H,2,5-6,13-16H2,1H3/t21-/m1/s1. The second-order valence-electron chi connectivity index (χ2n) is 8.07. The first-order valence-corrected chi connectivity index (χ1v) is 10.7. The number of fused-ring (bicyclic) bond motifs is 1. The zero-order valence-corrected chi connectivity index (χ0v) is 18.0. The van der Waals surface area contributed by atoms with E-state index in [1.165, 1.54) is 17.0 Å². The van der Waals surface area contributed by atoms with E-state index in [2.05, 4.69) is 0 Å². The third-order valence-corrected chi connectivity index (χ3v) is 5.95. The van der Waals surface area contributed by atoms with Crippen LogP contribution in [-0.4, -0.2) is 61.0 Å². The lowest BCUT2D eigenvalue weighted by Gasteiger charge is -2.38. The zero-order valence-electron chi connectivity index (χ0n) is 18.0. The van der Waals surface area contributed by atoms with Crippen molar-refractivity contribution in [1.82, 2.24) is 4.90 Å². The largest absolute Gasteiger partial charge is 0.477 e. The number of nitro benzene ring substituents is 1. The highest BCUT2D eigenvalue weighted by molar-refractivity contribution is 5.96. The van der Waals surface area contributed by atoms with Crippen LogP contribution >= 0.6 is 0 Å². The van der Waals surface area contributed by atoms with Crippen molar-refractivity contribution in [2.45, 2.75) is 25.4 Å². The van der Waals surface area contributed by atoms with E-state index in [-0.39, 0.29) is 30.6 Å². The van der Waals surface area contributed by atoms with Crippen molar-refractivity contribution in [3.05, 3.63) is 58.6 Å². The molecule has 9 nitrogen and oxygen atoms in total. The van der Waals surface area contributed by atoms with Gasteiger partial charge in [-0.25, -0.2) is 0 Å². The minimum atomic E-state index is -0.666. The van der Waals surface area contributed by atoms with Crippen molar-refractivity contribution in [1.29, 1.82) is 0 Å². The van der Waals surface area contributed by atoms with Crippen LogP contribution in [0.3, 0.4) is 0 Å². The van der Waals surface area contributed by atoms with Crippen LogP contribution < -0.4 is 14.5 Å². The maximum absolute atomic E-state index is 13.1. The van der Waals surface area contributed by atoms with Gasteiger partial charge in [-0.05, 0) is 43.5 Å². The molecule has 2 aliphatic rings. The van der Waals surface area contributed by atoms with Gasteiger partial charge < -0.3 is 19.4 Å². The van der Waals surface area contributed by atoms with E-state index in [1.54, 1.807) is 19.2 Å². The fourth-order valence-electron chi connectivity index (χ4n) is 4.11. The van der Waals surface area contributed by atoms with Crippen molar-refractivity contribution in [2.75, 3.05) is 43.0 Å². The van der Waals surface area contributed by atoms with Crippen LogP contribution in [0.2, 0.25) is 0 Å². The van der Waals surface area contributed by atoms with Crippen LogP contribution in [0.5, 0.6) is 5.75 Å². The van der Waals surface area contributed by atoms with Gasteiger partial charge in [0.05, 0.1) is 23.7 Å². The van der Waals surface area contributed by atoms with Gasteiger partial charge in [0.25, 0.3) is 11.6 Å². The minimum absolute atomic E-state index is 0.0317. The molecule has 0 radical (unpaired) electrons. The highest BCUT2D eigenvalue weighted by Crippen LogP contribution is 2.34. The molecule has 168 valence electrons. The van der Waals surface area contributed by atoms with E-state index < -0.39 is 11.0 Å². The number of rotatable bonds is 5. The van der Waals surface area contributed by atoms with Crippen LogP contribution in [0.25, 0.3) is 0 Å². The van der Waals surface area contributed by atoms with Crippen molar-refractivity contribution >= 4 is 28.9 Å². The van der Waals surface area contributed by atoms with Gasteiger partial charge in [0.2, 0.25) is 5.91 Å². The SMILES string of the molecule is CN(C(=O)CN1C[C@H](C(=O)N2CCCCC2)Oc2ccccc21)c1ccc([N+](=O)[O-])cc1. The zero-order chi connectivity index (χ0) is 22.7. The molecular formula is C23H26N4O5. The monoisotopic (exact) mass is 438 g/mol. The Morgan fingerprint density at radius 1 is 1.09 bits per heavy atom. The molecular weight excluding hydrogens is 412 g/mol. The van der Waals surface area contributed by atoms with Gasteiger partial charge in [-0.15, -0.1) is 0 Å². The van der Waals surface area contributed by atoms with Gasteiger partial charge in [-0.3, -0.25) is 19.7 Å². The predicted octanol–water partition coefficient (Wildman–Crippen LogP) is 2.84. The molecule has 9 heteroatoms. The highest BCUT2D eigenvalue weighted by Gasteiger charge is 2.35. The molecule has 1 atom stereocenters. The summed E-state index contributed by atoms with van der Waals surface area (Å²) in [6.07, 6.45) is 2.46. The number of likely N-dealkylation sites (N-methyl/N-ethyl adjacent to an activating group) is 1. The van der Waals surface area contributed by atoms with Crippen LogP contribution in [0.1, 0.15) is 19.3 Å². The molecule has 0 N–H and O–H groups in total. The Morgan fingerprint density at radius 2 is 1.78 bits per heavy atom. The van der Waals surface area contributed by atoms with Crippen LogP contribution in [0.4, 0.5) is 17.1 Å². The van der Waals surface area contributed by atoms with Gasteiger partial charge in [-0.1, -0.05) is 12.1 Å². The van der Waals surface area contributed by atoms with E-state index in [0.717, 1.165) is 38.0 Å². The number of hydrogen-bond donors (Lipinski definition) is 0. The van der Waals surface area contributed by atoms with Gasteiger partial charge >= 0.3 is 0 Å². The number of nitrogens with zero attached hydrogens (tertiary/aromatic N) is 4. The summed E-state index contributed by atoms with van der Waals surface area (Å²) in [6.45, 7) is 1.81. The second-order valence-corrected chi connectivity index (χ2v) is 8.07. The normalized spacial score (nSPS) is 17.8. The number of para-hydroxylation sites is 2. The lowest BCUT2D eigenvalue weighted by atomic mass is 10.1. The summed E-state index contributed by atoms with van der Waals surface area (Å²) in [4.78, 5) is 41.7. The third-order valence-electron chi connectivity index (χ3n) is 5.95. The number of hydrogen-bond acceptors (Lipinski definition) is 6. The van der Waals surface area contributed by atoms with E-state index in [0.29, 0.717) is 11.4 Å². The Labute approximate surface area is 186 Å². The van der Waals surface area contributed by atoms with E-state index >= 15 is 0 Å². The van der Waals surface area contributed by atoms with E-state index in [1.807, 2.05) is 34.1 Å². The van der Waals surface area contributed by atoms with Gasteiger partial charge in [0.15, 0.2) is 6.10 Å². The summed E-state index contributed by atoms with van der Waals surface area (Å²) >= 11 is 0. The smallest absolute Gasteiger partial charge is 0.269 e. The van der Waals surface area contributed by atoms with Gasteiger partial charge in [0, 0.05) is 38.0 Å². The summed E-state index contributed by atoms with van der Waals surface area (Å²) in [6, 6.07) is 13.2. The average molecular weight is 438 g/mol. The van der Waals surface area contributed by atoms with Crippen molar-refractivity contribution in [3.8, 4) is 5.75 Å². The van der Waals surface area contributed by atoms with Crippen LogP contribution in [0.15, 0.2) is 48.5 Å². The Hall–Kier alpha value is -3.62. The molecule has 0 unspecified atom stereocenters. The van der Waals surface area contributed by atoms with E-state index in [9.17, 15) is 19.7 Å². The summed E-state index contributed by atoms with van der Waals surface area (Å²) in [7, 11) is 1.63. The lowest BCUT2D eigenvalue weighted by molar-refractivity contribution is -0.384. The number of anilines is 2. The summed E-state index contributed by atoms with van der Waals surface area (Å²) in [5.74, 6) is 0.347. The molecule has 2 aromatic rings. The number of ether oxygens (including phenoxy) is 1. The predicted molar refractivity (Wildman–Crippen MR) is 120 cm³/mol. The first-order chi connectivity index (χ1) is 15.4. The Balaban J connectivity index is 1.50. The number of non-ortho nitro benzene ring substituents is 1.